The van der Waals surface area contributed by atoms with E-state index < -0.39 is 11.9 Å². The fraction of sp³-hybridized carbons (Fsp3) is 0.0588. The van der Waals surface area contributed by atoms with Crippen LogP contribution in [-0.4, -0.2) is 28.3 Å². The minimum absolute atomic E-state index is 0.127. The maximum absolute atomic E-state index is 11.8. The fourth-order valence-electron chi connectivity index (χ4n) is 1.93. The third-order valence-electron chi connectivity index (χ3n) is 3.13. The average Bonchev–Trinajstić information content (AvgIpc) is 3.28. The Labute approximate surface area is 142 Å². The Morgan fingerprint density at radius 3 is 2.72 bits per heavy atom. The number of aromatic amines is 1. The van der Waals surface area contributed by atoms with E-state index in [1.165, 1.54) is 18.5 Å². The van der Waals surface area contributed by atoms with Crippen LogP contribution >= 0.6 is 0 Å². The number of hydrazone groups is 1. The number of nitrogens with one attached hydrogen (secondary N) is 2. The van der Waals surface area contributed by atoms with E-state index in [9.17, 15) is 9.59 Å². The van der Waals surface area contributed by atoms with Crippen LogP contribution in [0.3, 0.4) is 0 Å². The van der Waals surface area contributed by atoms with Crippen molar-refractivity contribution < 1.29 is 18.7 Å². The van der Waals surface area contributed by atoms with Crippen LogP contribution in [0.2, 0.25) is 0 Å². The van der Waals surface area contributed by atoms with Crippen molar-refractivity contribution in [1.82, 2.24) is 15.6 Å². The smallest absolute Gasteiger partial charge is 0.379 e. The molecule has 0 aliphatic rings. The zero-order valence-electron chi connectivity index (χ0n) is 13.2. The van der Waals surface area contributed by atoms with Crippen LogP contribution in [0.15, 0.2) is 58.2 Å². The first kappa shape index (κ1) is 16.2. The largest absolute Gasteiger partial charge is 0.457 e. The number of carbonyl (C=O) groups excluding carboxylic acids is 2. The summed E-state index contributed by atoms with van der Waals surface area (Å²) in [6.07, 6.45) is 2.87. The monoisotopic (exact) mass is 338 g/mol. The topological polar surface area (TPSA) is 110 Å². The highest BCUT2D eigenvalue weighted by molar-refractivity contribution is 5.93. The molecule has 1 aromatic carbocycles. The predicted octanol–water partition coefficient (Wildman–Crippen LogP) is 2.29. The van der Waals surface area contributed by atoms with E-state index in [1.54, 1.807) is 43.3 Å². The van der Waals surface area contributed by atoms with Crippen molar-refractivity contribution in [2.45, 2.75) is 6.92 Å². The van der Waals surface area contributed by atoms with Gasteiger partial charge >= 0.3 is 5.97 Å². The number of benzene rings is 1. The summed E-state index contributed by atoms with van der Waals surface area (Å²) >= 11 is 0. The first-order valence-electron chi connectivity index (χ1n) is 7.33. The second-order valence-corrected chi connectivity index (χ2v) is 5.07. The summed E-state index contributed by atoms with van der Waals surface area (Å²) in [5.74, 6) is -0.492. The van der Waals surface area contributed by atoms with Gasteiger partial charge in [0.1, 0.15) is 5.75 Å². The summed E-state index contributed by atoms with van der Waals surface area (Å²) in [6.45, 7) is 1.80. The van der Waals surface area contributed by atoms with E-state index in [-0.39, 0.29) is 11.5 Å². The highest BCUT2D eigenvalue weighted by Gasteiger charge is 2.11. The van der Waals surface area contributed by atoms with Gasteiger partial charge in [-0.2, -0.15) is 10.2 Å². The van der Waals surface area contributed by atoms with Crippen molar-refractivity contribution >= 4 is 18.1 Å². The molecule has 0 unspecified atom stereocenters. The molecular weight excluding hydrogens is 324 g/mol. The molecular formula is C17H14N4O4. The van der Waals surface area contributed by atoms with Gasteiger partial charge in [-0.3, -0.25) is 9.89 Å². The lowest BCUT2D eigenvalue weighted by Gasteiger charge is -2.02. The zero-order valence-corrected chi connectivity index (χ0v) is 13.2. The molecule has 0 spiro atoms. The number of ether oxygens (including phenoxy) is 1. The highest BCUT2D eigenvalue weighted by Crippen LogP contribution is 2.13. The second-order valence-electron chi connectivity index (χ2n) is 5.07. The number of aryl methyl sites for hydroxylation is 1. The molecule has 0 atom stereocenters. The van der Waals surface area contributed by atoms with Crippen LogP contribution in [0.1, 0.15) is 32.3 Å². The van der Waals surface area contributed by atoms with Crippen LogP contribution in [0.4, 0.5) is 0 Å². The summed E-state index contributed by atoms with van der Waals surface area (Å²) in [5.41, 5.74) is 4.14. The molecule has 8 nitrogen and oxygen atoms in total. The lowest BCUT2D eigenvalue weighted by molar-refractivity contribution is 0.0701. The van der Waals surface area contributed by atoms with Crippen LogP contribution < -0.4 is 10.2 Å². The number of nitrogens with zero attached hydrogens (tertiary/aromatic N) is 2. The Morgan fingerprint density at radius 2 is 2.08 bits per heavy atom. The van der Waals surface area contributed by atoms with E-state index in [0.29, 0.717) is 5.75 Å². The summed E-state index contributed by atoms with van der Waals surface area (Å²) < 4.78 is 10.1. The maximum Gasteiger partial charge on any atom is 0.379 e. The third-order valence-corrected chi connectivity index (χ3v) is 3.13. The molecule has 1 amide bonds. The lowest BCUT2D eigenvalue weighted by atomic mass is 10.2. The summed E-state index contributed by atoms with van der Waals surface area (Å²) in [4.78, 5) is 23.5. The van der Waals surface area contributed by atoms with Gasteiger partial charge in [-0.1, -0.05) is 0 Å². The van der Waals surface area contributed by atoms with Crippen molar-refractivity contribution in [3.63, 3.8) is 0 Å². The van der Waals surface area contributed by atoms with E-state index in [1.807, 2.05) is 0 Å². The normalized spacial score (nSPS) is 10.8. The minimum atomic E-state index is -0.576. The minimum Gasteiger partial charge on any atom is -0.457 e. The van der Waals surface area contributed by atoms with E-state index in [4.69, 9.17) is 9.15 Å². The number of carbonyl (C=O) groups is 2. The Balaban J connectivity index is 1.55. The number of hydrogen-bond acceptors (Lipinski definition) is 6. The molecule has 0 saturated carbocycles. The molecule has 0 saturated heterocycles. The van der Waals surface area contributed by atoms with Crippen LogP contribution in [-0.2, 0) is 0 Å². The van der Waals surface area contributed by atoms with Gasteiger partial charge < -0.3 is 9.15 Å². The lowest BCUT2D eigenvalue weighted by Crippen LogP contribution is -2.18. The Kier molecular flexibility index (Phi) is 4.70. The Morgan fingerprint density at radius 1 is 1.28 bits per heavy atom. The van der Waals surface area contributed by atoms with E-state index in [0.717, 1.165) is 11.3 Å². The molecule has 3 aromatic rings. The van der Waals surface area contributed by atoms with Crippen molar-refractivity contribution in [2.24, 2.45) is 5.10 Å². The first-order chi connectivity index (χ1) is 12.1. The van der Waals surface area contributed by atoms with Crippen LogP contribution in [0, 0.1) is 6.92 Å². The van der Waals surface area contributed by atoms with E-state index in [2.05, 4.69) is 20.7 Å². The third kappa shape index (κ3) is 4.20. The molecule has 2 heterocycles. The highest BCUT2D eigenvalue weighted by atomic mass is 16.5. The van der Waals surface area contributed by atoms with Gasteiger partial charge in [0.25, 0.3) is 5.91 Å². The van der Waals surface area contributed by atoms with Crippen molar-refractivity contribution in [3.8, 4) is 5.75 Å². The van der Waals surface area contributed by atoms with Gasteiger partial charge in [0.15, 0.2) is 5.69 Å². The number of amides is 1. The number of esters is 1. The second kappa shape index (κ2) is 7.26. The number of H-pyrrole nitrogens is 1. The zero-order chi connectivity index (χ0) is 17.6. The quantitative estimate of drug-likeness (QED) is 0.321. The molecule has 0 fully saturated rings. The Bertz CT molecular complexity index is 895. The molecule has 0 aliphatic carbocycles. The average molecular weight is 338 g/mol. The number of rotatable bonds is 5. The molecule has 2 aromatic heterocycles. The van der Waals surface area contributed by atoms with E-state index >= 15 is 0 Å². The number of furan rings is 1. The standard InChI is InChI=1S/C17H14N4O4/c1-11-9-14(20-19-11)16(22)21-18-10-12-4-6-13(7-5-12)25-17(23)15-3-2-8-24-15/h2-10H,1H3,(H,19,20)(H,21,22)/b18-10+. The fourth-order valence-corrected chi connectivity index (χ4v) is 1.93. The molecule has 0 radical (unpaired) electrons. The summed E-state index contributed by atoms with van der Waals surface area (Å²) in [6, 6.07) is 11.4. The summed E-state index contributed by atoms with van der Waals surface area (Å²) in [5, 5.41) is 10.4. The molecule has 0 bridgehead atoms. The predicted molar refractivity (Wildman–Crippen MR) is 88.5 cm³/mol. The van der Waals surface area contributed by atoms with Gasteiger partial charge in [-0.25, -0.2) is 10.2 Å². The molecule has 3 rings (SSSR count). The molecule has 0 aliphatic heterocycles. The van der Waals surface area contributed by atoms with Crippen molar-refractivity contribution in [1.29, 1.82) is 0 Å². The maximum atomic E-state index is 11.8. The first-order valence-corrected chi connectivity index (χ1v) is 7.33. The van der Waals surface area contributed by atoms with Crippen LogP contribution in [0.5, 0.6) is 5.75 Å². The molecule has 25 heavy (non-hydrogen) atoms. The van der Waals surface area contributed by atoms with Gasteiger partial charge in [-0.05, 0) is 55.0 Å². The summed E-state index contributed by atoms with van der Waals surface area (Å²) in [7, 11) is 0. The SMILES string of the molecule is Cc1cc(C(=O)N/N=C/c2ccc(OC(=O)c3ccco3)cc2)n[nH]1. The molecule has 126 valence electrons. The van der Waals surface area contributed by atoms with Crippen LogP contribution in [0.25, 0.3) is 0 Å². The number of hydrogen-bond donors (Lipinski definition) is 2. The van der Waals surface area contributed by atoms with Crippen molar-refractivity contribution in [3.05, 3.63) is 71.4 Å². The van der Waals surface area contributed by atoms with Gasteiger partial charge in [-0.15, -0.1) is 0 Å². The van der Waals surface area contributed by atoms with Gasteiger partial charge in [0, 0.05) is 5.69 Å². The molecule has 8 heteroatoms. The van der Waals surface area contributed by atoms with Gasteiger partial charge in [0.2, 0.25) is 5.76 Å². The Hall–Kier alpha value is -3.68. The number of aromatic nitrogens is 2. The van der Waals surface area contributed by atoms with Crippen molar-refractivity contribution in [2.75, 3.05) is 0 Å². The molecule has 2 N–H and O–H groups in total. The van der Waals surface area contributed by atoms with Gasteiger partial charge in [0.05, 0.1) is 12.5 Å².